The molecule has 0 aliphatic carbocycles. The fourth-order valence-electron chi connectivity index (χ4n) is 2.14. The topological polar surface area (TPSA) is 40.5 Å². The largest absolute Gasteiger partial charge is 0.481 e. The van der Waals surface area contributed by atoms with Crippen LogP contribution >= 0.6 is 0 Å². The first-order valence-electron chi connectivity index (χ1n) is 6.89. The quantitative estimate of drug-likeness (QED) is 0.821. The van der Waals surface area contributed by atoms with Crippen molar-refractivity contribution in [2.24, 2.45) is 11.8 Å². The second-order valence-electron chi connectivity index (χ2n) is 5.81. The molecule has 106 valence electrons. The second-order valence-corrected chi connectivity index (χ2v) is 5.81. The van der Waals surface area contributed by atoms with Gasteiger partial charge in [0.2, 0.25) is 0 Å². The number of carbonyl (C=O) groups is 1. The van der Waals surface area contributed by atoms with Gasteiger partial charge in [-0.3, -0.25) is 9.69 Å². The third-order valence-electron chi connectivity index (χ3n) is 3.10. The minimum Gasteiger partial charge on any atom is -0.481 e. The van der Waals surface area contributed by atoms with E-state index >= 15 is 0 Å². The molecule has 0 aliphatic heterocycles. The van der Waals surface area contributed by atoms with Crippen LogP contribution in [0.2, 0.25) is 0 Å². The number of carboxylic acids is 1. The zero-order valence-electron chi connectivity index (χ0n) is 12.4. The van der Waals surface area contributed by atoms with Crippen LogP contribution in [0.25, 0.3) is 0 Å². The van der Waals surface area contributed by atoms with E-state index in [1.54, 1.807) is 6.92 Å². The number of nitrogens with zero attached hydrogens (tertiary/aromatic N) is 1. The highest BCUT2D eigenvalue weighted by Gasteiger charge is 2.17. The highest BCUT2D eigenvalue weighted by Crippen LogP contribution is 2.11. The molecule has 0 bridgehead atoms. The van der Waals surface area contributed by atoms with Crippen molar-refractivity contribution in [3.05, 3.63) is 35.4 Å². The summed E-state index contributed by atoms with van der Waals surface area (Å²) in [6, 6.07) is 8.44. The van der Waals surface area contributed by atoms with Crippen LogP contribution < -0.4 is 0 Å². The predicted molar refractivity (Wildman–Crippen MR) is 78.1 cm³/mol. The van der Waals surface area contributed by atoms with Crippen LogP contribution in [-0.4, -0.2) is 29.1 Å². The Morgan fingerprint density at radius 3 is 2.21 bits per heavy atom. The van der Waals surface area contributed by atoms with Gasteiger partial charge in [0.1, 0.15) is 0 Å². The number of hydrogen-bond donors (Lipinski definition) is 1. The molecule has 1 aromatic rings. The van der Waals surface area contributed by atoms with Gasteiger partial charge in [-0.2, -0.15) is 0 Å². The Labute approximate surface area is 116 Å². The minimum atomic E-state index is -0.724. The summed E-state index contributed by atoms with van der Waals surface area (Å²) in [4.78, 5) is 13.2. The minimum absolute atomic E-state index is 0.329. The number of benzene rings is 1. The van der Waals surface area contributed by atoms with Crippen molar-refractivity contribution >= 4 is 5.97 Å². The first-order valence-corrected chi connectivity index (χ1v) is 6.89. The number of aryl methyl sites for hydroxylation is 1. The molecule has 0 saturated heterocycles. The van der Waals surface area contributed by atoms with Crippen LogP contribution in [0, 0.1) is 18.8 Å². The van der Waals surface area contributed by atoms with Crippen molar-refractivity contribution in [1.29, 1.82) is 0 Å². The van der Waals surface area contributed by atoms with Gasteiger partial charge < -0.3 is 5.11 Å². The molecule has 0 aromatic heterocycles. The van der Waals surface area contributed by atoms with Crippen LogP contribution in [0.1, 0.15) is 31.9 Å². The fraction of sp³-hybridized carbons (Fsp3) is 0.562. The smallest absolute Gasteiger partial charge is 0.307 e. The second kappa shape index (κ2) is 7.29. The van der Waals surface area contributed by atoms with E-state index in [-0.39, 0.29) is 5.92 Å². The van der Waals surface area contributed by atoms with E-state index in [0.29, 0.717) is 12.5 Å². The number of rotatable bonds is 7. The lowest BCUT2D eigenvalue weighted by Gasteiger charge is -2.26. The highest BCUT2D eigenvalue weighted by atomic mass is 16.4. The summed E-state index contributed by atoms with van der Waals surface area (Å²) in [6.45, 7) is 10.5. The summed E-state index contributed by atoms with van der Waals surface area (Å²) in [5.41, 5.74) is 2.49. The molecule has 1 atom stereocenters. The van der Waals surface area contributed by atoms with Crippen molar-refractivity contribution in [3.8, 4) is 0 Å². The monoisotopic (exact) mass is 263 g/mol. The van der Waals surface area contributed by atoms with Gasteiger partial charge in [-0.25, -0.2) is 0 Å². The van der Waals surface area contributed by atoms with Gasteiger partial charge >= 0.3 is 5.97 Å². The molecule has 1 aromatic carbocycles. The number of hydrogen-bond acceptors (Lipinski definition) is 2. The molecule has 1 N–H and O–H groups in total. The van der Waals surface area contributed by atoms with Gasteiger partial charge in [0.15, 0.2) is 0 Å². The van der Waals surface area contributed by atoms with Crippen LogP contribution in [0.15, 0.2) is 24.3 Å². The van der Waals surface area contributed by atoms with Crippen molar-refractivity contribution in [2.75, 3.05) is 13.1 Å². The Bertz CT molecular complexity index is 398. The van der Waals surface area contributed by atoms with Gasteiger partial charge in [0.25, 0.3) is 0 Å². The van der Waals surface area contributed by atoms with Crippen molar-refractivity contribution < 1.29 is 9.90 Å². The molecule has 1 rings (SSSR count). The summed E-state index contributed by atoms with van der Waals surface area (Å²) in [5.74, 6) is -0.520. The fourth-order valence-corrected chi connectivity index (χ4v) is 2.14. The summed E-state index contributed by atoms with van der Waals surface area (Å²) in [7, 11) is 0. The van der Waals surface area contributed by atoms with Crippen molar-refractivity contribution in [1.82, 2.24) is 4.90 Å². The van der Waals surface area contributed by atoms with Crippen LogP contribution in [0.4, 0.5) is 0 Å². The Hall–Kier alpha value is -1.35. The lowest BCUT2D eigenvalue weighted by Crippen LogP contribution is -2.34. The van der Waals surface area contributed by atoms with E-state index in [4.69, 9.17) is 5.11 Å². The third kappa shape index (κ3) is 5.88. The maximum absolute atomic E-state index is 11.0. The standard InChI is InChI=1S/C16H25NO2/c1-12(2)9-17(10-14(4)16(18)19)11-15-7-5-13(3)6-8-15/h5-8,12,14H,9-11H2,1-4H3,(H,18,19). The van der Waals surface area contributed by atoms with Gasteiger partial charge in [-0.15, -0.1) is 0 Å². The van der Waals surface area contributed by atoms with Gasteiger partial charge in [0.05, 0.1) is 5.92 Å². The molecular weight excluding hydrogens is 238 g/mol. The maximum Gasteiger partial charge on any atom is 0.307 e. The van der Waals surface area contributed by atoms with Crippen molar-refractivity contribution in [3.63, 3.8) is 0 Å². The lowest BCUT2D eigenvalue weighted by molar-refractivity contribution is -0.141. The molecule has 0 aliphatic rings. The summed E-state index contributed by atoms with van der Waals surface area (Å²) in [6.07, 6.45) is 0. The van der Waals surface area contributed by atoms with Crippen LogP contribution in [0.3, 0.4) is 0 Å². The molecule has 0 spiro atoms. The molecule has 0 fully saturated rings. The predicted octanol–water partition coefficient (Wildman–Crippen LogP) is 3.17. The Morgan fingerprint density at radius 2 is 1.74 bits per heavy atom. The van der Waals surface area contributed by atoms with E-state index < -0.39 is 5.97 Å². The molecule has 0 radical (unpaired) electrons. The molecular formula is C16H25NO2. The molecule has 0 heterocycles. The normalized spacial score (nSPS) is 12.9. The zero-order chi connectivity index (χ0) is 14.4. The summed E-state index contributed by atoms with van der Waals surface area (Å²) >= 11 is 0. The third-order valence-corrected chi connectivity index (χ3v) is 3.10. The Morgan fingerprint density at radius 1 is 1.16 bits per heavy atom. The lowest BCUT2D eigenvalue weighted by atomic mass is 10.1. The summed E-state index contributed by atoms with van der Waals surface area (Å²) < 4.78 is 0. The van der Waals surface area contributed by atoms with E-state index in [1.807, 2.05) is 0 Å². The van der Waals surface area contributed by atoms with E-state index in [9.17, 15) is 4.79 Å². The van der Waals surface area contributed by atoms with Crippen LogP contribution in [-0.2, 0) is 11.3 Å². The molecule has 3 nitrogen and oxygen atoms in total. The molecule has 0 amide bonds. The number of aliphatic carboxylic acids is 1. The maximum atomic E-state index is 11.0. The summed E-state index contributed by atoms with van der Waals surface area (Å²) in [5, 5.41) is 9.04. The SMILES string of the molecule is Cc1ccc(CN(CC(C)C)CC(C)C(=O)O)cc1. The van der Waals surface area contributed by atoms with Gasteiger partial charge in [-0.1, -0.05) is 50.6 Å². The average molecular weight is 263 g/mol. The Kier molecular flexibility index (Phi) is 6.03. The molecule has 3 heteroatoms. The van der Waals surface area contributed by atoms with Gasteiger partial charge in [-0.05, 0) is 18.4 Å². The zero-order valence-corrected chi connectivity index (χ0v) is 12.4. The van der Waals surface area contributed by atoms with E-state index in [1.165, 1.54) is 11.1 Å². The van der Waals surface area contributed by atoms with Crippen LogP contribution in [0.5, 0.6) is 0 Å². The van der Waals surface area contributed by atoms with E-state index in [0.717, 1.165) is 13.1 Å². The van der Waals surface area contributed by atoms with Crippen molar-refractivity contribution in [2.45, 2.75) is 34.2 Å². The van der Waals surface area contributed by atoms with Gasteiger partial charge in [0, 0.05) is 19.6 Å². The molecule has 1 unspecified atom stereocenters. The first kappa shape index (κ1) is 15.7. The number of carboxylic acid groups (broad SMARTS) is 1. The first-order chi connectivity index (χ1) is 8.88. The molecule has 19 heavy (non-hydrogen) atoms. The Balaban J connectivity index is 2.68. The average Bonchev–Trinajstić information content (AvgIpc) is 2.31. The molecule has 0 saturated carbocycles. The van der Waals surface area contributed by atoms with E-state index in [2.05, 4.69) is 49.9 Å². The highest BCUT2D eigenvalue weighted by molar-refractivity contribution is 5.69.